The maximum atomic E-state index is 13.7. The number of hydrogen-bond donors (Lipinski definition) is 1. The number of pyridine rings is 1. The predicted molar refractivity (Wildman–Crippen MR) is 127 cm³/mol. The SMILES string of the molecule is FC(F)(F)c1cccc2c(-c3cccc(NCc4ccoc4)c3)c(Cc3ccccc3)cnc12. The van der Waals surface area contributed by atoms with Gasteiger partial charge in [0.05, 0.1) is 23.6 Å². The van der Waals surface area contributed by atoms with Gasteiger partial charge in [0, 0.05) is 29.4 Å². The molecule has 3 aromatic carbocycles. The Bertz CT molecular complexity index is 1410. The van der Waals surface area contributed by atoms with Crippen LogP contribution in [0.4, 0.5) is 18.9 Å². The smallest absolute Gasteiger partial charge is 0.418 e. The monoisotopic (exact) mass is 458 g/mol. The molecule has 0 bridgehead atoms. The lowest BCUT2D eigenvalue weighted by molar-refractivity contribution is -0.136. The highest BCUT2D eigenvalue weighted by Gasteiger charge is 2.33. The van der Waals surface area contributed by atoms with Gasteiger partial charge in [0.2, 0.25) is 0 Å². The van der Waals surface area contributed by atoms with Crippen molar-refractivity contribution in [1.82, 2.24) is 4.98 Å². The number of anilines is 1. The van der Waals surface area contributed by atoms with E-state index in [0.717, 1.165) is 39.6 Å². The normalized spacial score (nSPS) is 11.6. The summed E-state index contributed by atoms with van der Waals surface area (Å²) in [6.07, 6.45) is 0.931. The zero-order valence-electron chi connectivity index (χ0n) is 18.1. The van der Waals surface area contributed by atoms with Crippen LogP contribution in [0.5, 0.6) is 0 Å². The van der Waals surface area contributed by atoms with E-state index in [4.69, 9.17) is 4.42 Å². The van der Waals surface area contributed by atoms with Crippen LogP contribution >= 0.6 is 0 Å². The van der Waals surface area contributed by atoms with Crippen LogP contribution < -0.4 is 5.32 Å². The summed E-state index contributed by atoms with van der Waals surface area (Å²) in [6.45, 7) is 0.576. The molecule has 170 valence electrons. The molecule has 0 saturated heterocycles. The van der Waals surface area contributed by atoms with E-state index in [-0.39, 0.29) is 5.52 Å². The van der Waals surface area contributed by atoms with Gasteiger partial charge in [-0.25, -0.2) is 0 Å². The van der Waals surface area contributed by atoms with Crippen molar-refractivity contribution in [3.05, 3.63) is 120 Å². The number of furan rings is 1. The van der Waals surface area contributed by atoms with E-state index in [9.17, 15) is 13.2 Å². The van der Waals surface area contributed by atoms with E-state index in [2.05, 4.69) is 10.3 Å². The third kappa shape index (κ3) is 4.53. The molecular weight excluding hydrogens is 437 g/mol. The van der Waals surface area contributed by atoms with Crippen LogP contribution in [0.25, 0.3) is 22.0 Å². The second-order valence-corrected chi connectivity index (χ2v) is 8.09. The molecule has 0 spiro atoms. The van der Waals surface area contributed by atoms with E-state index >= 15 is 0 Å². The Hall–Kier alpha value is -4.06. The summed E-state index contributed by atoms with van der Waals surface area (Å²) in [4.78, 5) is 4.28. The van der Waals surface area contributed by atoms with E-state index in [0.29, 0.717) is 18.4 Å². The summed E-state index contributed by atoms with van der Waals surface area (Å²) in [5.74, 6) is 0. The van der Waals surface area contributed by atoms with Gasteiger partial charge in [-0.15, -0.1) is 0 Å². The second-order valence-electron chi connectivity index (χ2n) is 8.09. The molecule has 0 aliphatic rings. The van der Waals surface area contributed by atoms with Gasteiger partial charge in [0.1, 0.15) is 0 Å². The van der Waals surface area contributed by atoms with Crippen LogP contribution in [-0.4, -0.2) is 4.98 Å². The van der Waals surface area contributed by atoms with Crippen molar-refractivity contribution in [2.45, 2.75) is 19.1 Å². The fourth-order valence-electron chi connectivity index (χ4n) is 4.17. The third-order valence-electron chi connectivity index (χ3n) is 5.75. The highest BCUT2D eigenvalue weighted by molar-refractivity contribution is 5.98. The number of alkyl halides is 3. The standard InChI is InChI=1S/C28H21F3N2O/c29-28(30,31)25-11-5-10-24-26(22(17-33-27(24)25)14-19-6-2-1-3-7-19)21-8-4-9-23(15-21)32-16-20-12-13-34-18-20/h1-13,15,17-18,32H,14,16H2. The van der Waals surface area contributed by atoms with Crippen molar-refractivity contribution in [2.24, 2.45) is 0 Å². The van der Waals surface area contributed by atoms with Crippen LogP contribution in [0, 0.1) is 0 Å². The van der Waals surface area contributed by atoms with Gasteiger partial charge in [0.25, 0.3) is 0 Å². The Labute approximate surface area is 194 Å². The quantitative estimate of drug-likeness (QED) is 0.283. The largest absolute Gasteiger partial charge is 0.472 e. The van der Waals surface area contributed by atoms with Gasteiger partial charge >= 0.3 is 6.18 Å². The summed E-state index contributed by atoms with van der Waals surface area (Å²) in [5, 5.41) is 3.84. The van der Waals surface area contributed by atoms with Crippen LogP contribution in [-0.2, 0) is 19.1 Å². The number of benzene rings is 3. The van der Waals surface area contributed by atoms with Gasteiger partial charge in [0.15, 0.2) is 0 Å². The molecule has 2 aromatic heterocycles. The molecule has 5 rings (SSSR count). The molecule has 1 N–H and O–H groups in total. The lowest BCUT2D eigenvalue weighted by Gasteiger charge is -2.17. The zero-order valence-corrected chi connectivity index (χ0v) is 18.1. The van der Waals surface area contributed by atoms with E-state index in [1.807, 2.05) is 60.7 Å². The molecule has 0 amide bonds. The lowest BCUT2D eigenvalue weighted by Crippen LogP contribution is -2.07. The van der Waals surface area contributed by atoms with Crippen molar-refractivity contribution in [1.29, 1.82) is 0 Å². The molecule has 34 heavy (non-hydrogen) atoms. The van der Waals surface area contributed by atoms with Crippen LogP contribution in [0.2, 0.25) is 0 Å². The highest BCUT2D eigenvalue weighted by atomic mass is 19.4. The van der Waals surface area contributed by atoms with Crippen molar-refractivity contribution < 1.29 is 17.6 Å². The summed E-state index contributed by atoms with van der Waals surface area (Å²) in [5.41, 5.74) is 4.60. The highest BCUT2D eigenvalue weighted by Crippen LogP contribution is 2.39. The molecule has 6 heteroatoms. The third-order valence-corrected chi connectivity index (χ3v) is 5.75. The average Bonchev–Trinajstić information content (AvgIpc) is 3.36. The second kappa shape index (κ2) is 9.06. The van der Waals surface area contributed by atoms with Gasteiger partial charge < -0.3 is 9.73 Å². The minimum atomic E-state index is -4.49. The molecule has 0 radical (unpaired) electrons. The topological polar surface area (TPSA) is 38.1 Å². The molecule has 0 fully saturated rings. The first-order valence-electron chi connectivity index (χ1n) is 10.9. The minimum Gasteiger partial charge on any atom is -0.472 e. The van der Waals surface area contributed by atoms with E-state index in [1.54, 1.807) is 24.8 Å². The van der Waals surface area contributed by atoms with Crippen molar-refractivity contribution in [2.75, 3.05) is 5.32 Å². The molecule has 0 saturated carbocycles. The van der Waals surface area contributed by atoms with Crippen LogP contribution in [0.15, 0.2) is 102 Å². The number of nitrogens with zero attached hydrogens (tertiary/aromatic N) is 1. The Balaban J connectivity index is 1.64. The molecule has 3 nitrogen and oxygen atoms in total. The maximum Gasteiger partial charge on any atom is 0.418 e. The van der Waals surface area contributed by atoms with Gasteiger partial charge in [-0.2, -0.15) is 13.2 Å². The van der Waals surface area contributed by atoms with Gasteiger partial charge in [-0.05, 0) is 52.9 Å². The predicted octanol–water partition coefficient (Wildman–Crippen LogP) is 7.72. The average molecular weight is 458 g/mol. The summed E-state index contributed by atoms with van der Waals surface area (Å²) >= 11 is 0. The first kappa shape index (κ1) is 21.8. The van der Waals surface area contributed by atoms with Gasteiger partial charge in [-0.3, -0.25) is 4.98 Å². The molecule has 0 unspecified atom stereocenters. The van der Waals surface area contributed by atoms with Crippen molar-refractivity contribution in [3.8, 4) is 11.1 Å². The molecule has 0 aliphatic carbocycles. The number of hydrogen-bond acceptors (Lipinski definition) is 3. The number of rotatable bonds is 6. The van der Waals surface area contributed by atoms with Crippen molar-refractivity contribution >= 4 is 16.6 Å². The first-order valence-corrected chi connectivity index (χ1v) is 10.9. The first-order chi connectivity index (χ1) is 16.5. The minimum absolute atomic E-state index is 0.0430. The molecule has 0 aliphatic heterocycles. The molecule has 5 aromatic rings. The number of nitrogens with one attached hydrogen (secondary N) is 1. The Morgan fingerprint density at radius 2 is 1.68 bits per heavy atom. The van der Waals surface area contributed by atoms with Crippen LogP contribution in [0.3, 0.4) is 0 Å². The zero-order chi connectivity index (χ0) is 23.5. The Kier molecular flexibility index (Phi) is 5.80. The number of aromatic nitrogens is 1. The van der Waals surface area contributed by atoms with Crippen molar-refractivity contribution in [3.63, 3.8) is 0 Å². The molecule has 0 atom stereocenters. The summed E-state index contributed by atoms with van der Waals surface area (Å²) < 4.78 is 46.3. The Morgan fingerprint density at radius 1 is 0.853 bits per heavy atom. The van der Waals surface area contributed by atoms with E-state index in [1.165, 1.54) is 6.07 Å². The summed E-state index contributed by atoms with van der Waals surface area (Å²) in [7, 11) is 0. The van der Waals surface area contributed by atoms with E-state index < -0.39 is 11.7 Å². The number of halogens is 3. The fourth-order valence-corrected chi connectivity index (χ4v) is 4.17. The molecular formula is C28H21F3N2O. The van der Waals surface area contributed by atoms with Crippen LogP contribution in [0.1, 0.15) is 22.3 Å². The molecule has 2 heterocycles. The van der Waals surface area contributed by atoms with Gasteiger partial charge in [-0.1, -0.05) is 54.6 Å². The maximum absolute atomic E-state index is 13.7. The Morgan fingerprint density at radius 3 is 2.44 bits per heavy atom. The fraction of sp³-hybridized carbons (Fsp3) is 0.107. The number of fused-ring (bicyclic) bond motifs is 1. The summed E-state index contributed by atoms with van der Waals surface area (Å²) in [6, 6.07) is 23.7. The number of para-hydroxylation sites is 1. The lowest BCUT2D eigenvalue weighted by atomic mass is 9.91.